The number of para-hydroxylation sites is 1. The van der Waals surface area contributed by atoms with Crippen molar-refractivity contribution in [3.05, 3.63) is 65.7 Å². The Balaban J connectivity index is 1.75. The topological polar surface area (TPSA) is 55.8 Å². The van der Waals surface area contributed by atoms with Crippen molar-refractivity contribution in [3.8, 4) is 5.75 Å². The van der Waals surface area contributed by atoms with Crippen LogP contribution in [0.1, 0.15) is 11.1 Å². The van der Waals surface area contributed by atoms with E-state index >= 15 is 0 Å². The Kier molecular flexibility index (Phi) is 5.79. The van der Waals surface area contributed by atoms with Crippen molar-refractivity contribution >= 4 is 5.97 Å². The number of hydrogen-bond acceptors (Lipinski definition) is 3. The lowest BCUT2D eigenvalue weighted by atomic mass is 10.1. The molecule has 0 heterocycles. The Morgan fingerprint density at radius 2 is 1.57 bits per heavy atom. The summed E-state index contributed by atoms with van der Waals surface area (Å²) in [6.07, 6.45) is 0.0139. The molecular weight excluding hydrogens is 268 g/mol. The molecule has 110 valence electrons. The van der Waals surface area contributed by atoms with E-state index < -0.39 is 5.97 Å². The van der Waals surface area contributed by atoms with Crippen LogP contribution in [-0.2, 0) is 22.6 Å². The Hall–Kier alpha value is -2.33. The molecule has 0 atom stereocenters. The minimum absolute atomic E-state index is 0.0139. The van der Waals surface area contributed by atoms with Gasteiger partial charge in [-0.25, -0.2) is 0 Å². The molecule has 0 bridgehead atoms. The summed E-state index contributed by atoms with van der Waals surface area (Å²) in [5, 5.41) is 8.87. The van der Waals surface area contributed by atoms with Crippen LogP contribution in [0.15, 0.2) is 54.6 Å². The van der Waals surface area contributed by atoms with Crippen LogP contribution in [0.2, 0.25) is 0 Å². The summed E-state index contributed by atoms with van der Waals surface area (Å²) >= 11 is 0. The third kappa shape index (κ3) is 5.28. The smallest absolute Gasteiger partial charge is 0.307 e. The minimum atomic E-state index is -0.838. The summed E-state index contributed by atoms with van der Waals surface area (Å²) in [5.74, 6) is -0.0257. The molecule has 0 aliphatic carbocycles. The molecule has 0 aliphatic rings. The molecule has 4 nitrogen and oxygen atoms in total. The summed E-state index contributed by atoms with van der Waals surface area (Å²) < 4.78 is 11.1. The first-order chi connectivity index (χ1) is 10.3. The number of carbonyl (C=O) groups is 1. The quantitative estimate of drug-likeness (QED) is 0.758. The molecule has 4 heteroatoms. The molecular formula is C17H18O4. The first-order valence-electron chi connectivity index (χ1n) is 6.80. The molecule has 2 aromatic rings. The number of aliphatic carboxylic acids is 1. The van der Waals surface area contributed by atoms with Crippen LogP contribution in [-0.4, -0.2) is 24.3 Å². The van der Waals surface area contributed by atoms with Gasteiger partial charge in [0.15, 0.2) is 0 Å². The van der Waals surface area contributed by atoms with Crippen molar-refractivity contribution in [2.75, 3.05) is 13.2 Å². The lowest BCUT2D eigenvalue weighted by Gasteiger charge is -2.09. The van der Waals surface area contributed by atoms with E-state index in [1.807, 2.05) is 54.6 Å². The molecule has 0 saturated heterocycles. The standard InChI is InChI=1S/C17H18O4/c18-17(19)12-14-6-4-5-7-15(14)13-20-10-11-21-16-8-2-1-3-9-16/h1-9H,10-13H2,(H,18,19). The summed E-state index contributed by atoms with van der Waals surface area (Å²) in [4.78, 5) is 10.8. The van der Waals surface area contributed by atoms with Crippen LogP contribution < -0.4 is 4.74 Å². The van der Waals surface area contributed by atoms with Gasteiger partial charge in [-0.15, -0.1) is 0 Å². The number of carboxylic acid groups (broad SMARTS) is 1. The highest BCUT2D eigenvalue weighted by Gasteiger charge is 2.06. The SMILES string of the molecule is O=C(O)Cc1ccccc1COCCOc1ccccc1. The van der Waals surface area contributed by atoms with Crippen molar-refractivity contribution in [1.29, 1.82) is 0 Å². The van der Waals surface area contributed by atoms with Crippen molar-refractivity contribution in [2.24, 2.45) is 0 Å². The fourth-order valence-electron chi connectivity index (χ4n) is 1.95. The maximum Gasteiger partial charge on any atom is 0.307 e. The maximum absolute atomic E-state index is 10.8. The third-order valence-corrected chi connectivity index (χ3v) is 2.96. The lowest BCUT2D eigenvalue weighted by molar-refractivity contribution is -0.136. The molecule has 21 heavy (non-hydrogen) atoms. The van der Waals surface area contributed by atoms with Gasteiger partial charge < -0.3 is 14.6 Å². The number of rotatable bonds is 8. The van der Waals surface area contributed by atoms with E-state index in [0.29, 0.717) is 19.8 Å². The van der Waals surface area contributed by atoms with Gasteiger partial charge in [0.2, 0.25) is 0 Å². The Labute approximate surface area is 123 Å². The Morgan fingerprint density at radius 3 is 2.29 bits per heavy atom. The first kappa shape index (κ1) is 15.1. The van der Waals surface area contributed by atoms with E-state index in [9.17, 15) is 4.79 Å². The number of carboxylic acids is 1. The van der Waals surface area contributed by atoms with Crippen LogP contribution in [0.5, 0.6) is 5.75 Å². The molecule has 2 aromatic carbocycles. The van der Waals surface area contributed by atoms with Gasteiger partial charge in [0, 0.05) is 0 Å². The monoisotopic (exact) mass is 286 g/mol. The van der Waals surface area contributed by atoms with Gasteiger partial charge in [0.1, 0.15) is 12.4 Å². The van der Waals surface area contributed by atoms with Gasteiger partial charge in [-0.05, 0) is 23.3 Å². The summed E-state index contributed by atoms with van der Waals surface area (Å²) in [6, 6.07) is 17.0. The molecule has 0 spiro atoms. The average Bonchev–Trinajstić information content (AvgIpc) is 2.49. The van der Waals surface area contributed by atoms with E-state index in [2.05, 4.69) is 0 Å². The molecule has 0 radical (unpaired) electrons. The molecule has 0 aliphatic heterocycles. The van der Waals surface area contributed by atoms with Crippen LogP contribution in [0.4, 0.5) is 0 Å². The minimum Gasteiger partial charge on any atom is -0.491 e. The molecule has 0 unspecified atom stereocenters. The summed E-state index contributed by atoms with van der Waals surface area (Å²) in [7, 11) is 0. The number of benzene rings is 2. The van der Waals surface area contributed by atoms with Gasteiger partial charge in [0.25, 0.3) is 0 Å². The number of ether oxygens (including phenoxy) is 2. The number of hydrogen-bond donors (Lipinski definition) is 1. The van der Waals surface area contributed by atoms with Crippen molar-refractivity contribution < 1.29 is 19.4 Å². The largest absolute Gasteiger partial charge is 0.491 e. The predicted octanol–water partition coefficient (Wildman–Crippen LogP) is 2.91. The molecule has 2 rings (SSSR count). The second kappa shape index (κ2) is 8.07. The molecule has 1 N–H and O–H groups in total. The summed E-state index contributed by atoms with van der Waals surface area (Å²) in [5.41, 5.74) is 1.69. The fourth-order valence-corrected chi connectivity index (χ4v) is 1.95. The van der Waals surface area contributed by atoms with E-state index in [1.54, 1.807) is 0 Å². The van der Waals surface area contributed by atoms with Gasteiger partial charge in [0.05, 0.1) is 19.6 Å². The third-order valence-electron chi connectivity index (χ3n) is 2.96. The van der Waals surface area contributed by atoms with Crippen LogP contribution in [0.3, 0.4) is 0 Å². The highest BCUT2D eigenvalue weighted by molar-refractivity contribution is 5.70. The van der Waals surface area contributed by atoms with Gasteiger partial charge >= 0.3 is 5.97 Å². The fraction of sp³-hybridized carbons (Fsp3) is 0.235. The summed E-state index contributed by atoms with van der Waals surface area (Å²) in [6.45, 7) is 1.31. The highest BCUT2D eigenvalue weighted by atomic mass is 16.5. The molecule has 0 aromatic heterocycles. The second-order valence-corrected chi connectivity index (χ2v) is 4.55. The highest BCUT2D eigenvalue weighted by Crippen LogP contribution is 2.11. The van der Waals surface area contributed by atoms with Crippen LogP contribution in [0.25, 0.3) is 0 Å². The predicted molar refractivity (Wildman–Crippen MR) is 79.4 cm³/mol. The Morgan fingerprint density at radius 1 is 0.905 bits per heavy atom. The first-order valence-corrected chi connectivity index (χ1v) is 6.80. The zero-order chi connectivity index (χ0) is 14.9. The Bertz CT molecular complexity index is 566. The second-order valence-electron chi connectivity index (χ2n) is 4.55. The van der Waals surface area contributed by atoms with Crippen LogP contribution >= 0.6 is 0 Å². The van der Waals surface area contributed by atoms with Gasteiger partial charge in [-0.3, -0.25) is 4.79 Å². The van der Waals surface area contributed by atoms with Crippen molar-refractivity contribution in [1.82, 2.24) is 0 Å². The van der Waals surface area contributed by atoms with Crippen LogP contribution in [0, 0.1) is 0 Å². The van der Waals surface area contributed by atoms with Gasteiger partial charge in [-0.2, -0.15) is 0 Å². The van der Waals surface area contributed by atoms with Crippen molar-refractivity contribution in [3.63, 3.8) is 0 Å². The molecule has 0 amide bonds. The maximum atomic E-state index is 10.8. The van der Waals surface area contributed by atoms with E-state index in [4.69, 9.17) is 14.6 Å². The lowest BCUT2D eigenvalue weighted by Crippen LogP contribution is -2.09. The zero-order valence-corrected chi connectivity index (χ0v) is 11.7. The average molecular weight is 286 g/mol. The normalized spacial score (nSPS) is 10.3. The van der Waals surface area contributed by atoms with E-state index in [-0.39, 0.29) is 6.42 Å². The van der Waals surface area contributed by atoms with E-state index in [1.165, 1.54) is 0 Å². The zero-order valence-electron chi connectivity index (χ0n) is 11.7. The van der Waals surface area contributed by atoms with E-state index in [0.717, 1.165) is 16.9 Å². The molecule has 0 fully saturated rings. The molecule has 0 saturated carbocycles. The van der Waals surface area contributed by atoms with Gasteiger partial charge in [-0.1, -0.05) is 42.5 Å². The van der Waals surface area contributed by atoms with Crippen molar-refractivity contribution in [2.45, 2.75) is 13.0 Å².